The minimum atomic E-state index is 0.700. The lowest BCUT2D eigenvalue weighted by Crippen LogP contribution is -1.88. The van der Waals surface area contributed by atoms with E-state index < -0.39 is 0 Å². The molecule has 78 valence electrons. The summed E-state index contributed by atoms with van der Waals surface area (Å²) in [7, 11) is 0. The molecule has 3 heteroatoms. The number of anilines is 1. The summed E-state index contributed by atoms with van der Waals surface area (Å²) in [6.07, 6.45) is 1.87. The Hall–Kier alpha value is -2.47. The molecule has 0 saturated carbocycles. The van der Waals surface area contributed by atoms with Gasteiger partial charge in [0.2, 0.25) is 0 Å². The molecule has 0 atom stereocenters. The minimum absolute atomic E-state index is 0.700. The van der Waals surface area contributed by atoms with Crippen LogP contribution in [-0.4, -0.2) is 0 Å². The Morgan fingerprint density at radius 1 is 0.938 bits per heavy atom. The first-order valence-corrected chi connectivity index (χ1v) is 4.86. The standard InChI is InChI=1S/C13H10N2O/c14-10-15-11-5-4-8-13(9-11)16-12-6-2-1-3-7-12/h1-9,15H. The van der Waals surface area contributed by atoms with E-state index in [1.165, 1.54) is 0 Å². The second-order valence-corrected chi connectivity index (χ2v) is 3.18. The number of rotatable bonds is 3. The van der Waals surface area contributed by atoms with Gasteiger partial charge in [-0.1, -0.05) is 24.3 Å². The molecule has 0 radical (unpaired) electrons. The molecule has 2 aromatic rings. The quantitative estimate of drug-likeness (QED) is 0.624. The summed E-state index contributed by atoms with van der Waals surface area (Å²) in [5, 5.41) is 11.1. The summed E-state index contributed by atoms with van der Waals surface area (Å²) in [4.78, 5) is 0. The van der Waals surface area contributed by atoms with E-state index in [0.717, 1.165) is 11.4 Å². The number of hydrogen-bond acceptors (Lipinski definition) is 3. The maximum atomic E-state index is 8.50. The summed E-state index contributed by atoms with van der Waals surface area (Å²) in [5.41, 5.74) is 0.718. The van der Waals surface area contributed by atoms with Crippen LogP contribution >= 0.6 is 0 Å². The molecule has 16 heavy (non-hydrogen) atoms. The molecule has 0 fully saturated rings. The van der Waals surface area contributed by atoms with E-state index in [2.05, 4.69) is 5.32 Å². The number of nitriles is 1. The van der Waals surface area contributed by atoms with Gasteiger partial charge in [0.25, 0.3) is 0 Å². The van der Waals surface area contributed by atoms with Gasteiger partial charge in [-0.3, -0.25) is 5.32 Å². The Labute approximate surface area is 93.9 Å². The zero-order valence-electron chi connectivity index (χ0n) is 8.55. The molecule has 1 N–H and O–H groups in total. The molecular formula is C13H10N2O. The fraction of sp³-hybridized carbons (Fsp3) is 0. The van der Waals surface area contributed by atoms with Crippen molar-refractivity contribution >= 4 is 5.69 Å². The van der Waals surface area contributed by atoms with Gasteiger partial charge < -0.3 is 4.74 Å². The van der Waals surface area contributed by atoms with Crippen molar-refractivity contribution in [1.82, 2.24) is 0 Å². The third kappa shape index (κ3) is 2.52. The summed E-state index contributed by atoms with van der Waals surface area (Å²) >= 11 is 0. The van der Waals surface area contributed by atoms with Crippen LogP contribution in [0, 0.1) is 11.5 Å². The van der Waals surface area contributed by atoms with Crippen LogP contribution in [0.4, 0.5) is 5.69 Å². The zero-order valence-corrected chi connectivity index (χ0v) is 8.55. The van der Waals surface area contributed by atoms with Gasteiger partial charge in [0.05, 0.1) is 5.69 Å². The third-order valence-electron chi connectivity index (χ3n) is 2.01. The van der Waals surface area contributed by atoms with Crippen molar-refractivity contribution in [3.63, 3.8) is 0 Å². The summed E-state index contributed by atoms with van der Waals surface area (Å²) in [5.74, 6) is 1.48. The monoisotopic (exact) mass is 210 g/mol. The lowest BCUT2D eigenvalue weighted by atomic mass is 10.3. The van der Waals surface area contributed by atoms with E-state index in [9.17, 15) is 0 Å². The van der Waals surface area contributed by atoms with Gasteiger partial charge in [0.1, 0.15) is 11.5 Å². The van der Waals surface area contributed by atoms with E-state index in [-0.39, 0.29) is 0 Å². The lowest BCUT2D eigenvalue weighted by Gasteiger charge is -2.06. The number of ether oxygens (including phenoxy) is 1. The van der Waals surface area contributed by atoms with Crippen LogP contribution in [0.1, 0.15) is 0 Å². The number of benzene rings is 2. The average Bonchev–Trinajstić information content (AvgIpc) is 2.31. The number of nitrogens with one attached hydrogen (secondary N) is 1. The molecule has 3 nitrogen and oxygen atoms in total. The Bertz CT molecular complexity index is 503. The van der Waals surface area contributed by atoms with Crippen LogP contribution < -0.4 is 10.1 Å². The van der Waals surface area contributed by atoms with E-state index in [1.54, 1.807) is 12.1 Å². The summed E-state index contributed by atoms with van der Waals surface area (Å²) < 4.78 is 5.62. The molecule has 0 aromatic heterocycles. The molecule has 0 aliphatic heterocycles. The maximum Gasteiger partial charge on any atom is 0.181 e. The van der Waals surface area contributed by atoms with E-state index >= 15 is 0 Å². The number of nitrogens with zero attached hydrogens (tertiary/aromatic N) is 1. The van der Waals surface area contributed by atoms with Crippen molar-refractivity contribution in [2.24, 2.45) is 0 Å². The van der Waals surface area contributed by atoms with Gasteiger partial charge in [-0.15, -0.1) is 0 Å². The van der Waals surface area contributed by atoms with Crippen molar-refractivity contribution in [3.8, 4) is 17.7 Å². The normalized spacial score (nSPS) is 9.19. The topological polar surface area (TPSA) is 45.0 Å². The van der Waals surface area contributed by atoms with Crippen molar-refractivity contribution in [2.75, 3.05) is 5.32 Å². The smallest absolute Gasteiger partial charge is 0.181 e. The second kappa shape index (κ2) is 4.85. The highest BCUT2D eigenvalue weighted by atomic mass is 16.5. The molecule has 2 rings (SSSR count). The van der Waals surface area contributed by atoms with Crippen LogP contribution in [0.5, 0.6) is 11.5 Å². The molecule has 0 aliphatic rings. The highest BCUT2D eigenvalue weighted by Crippen LogP contribution is 2.23. The second-order valence-electron chi connectivity index (χ2n) is 3.18. The molecule has 0 bridgehead atoms. The van der Waals surface area contributed by atoms with Crippen molar-refractivity contribution in [1.29, 1.82) is 5.26 Å². The van der Waals surface area contributed by atoms with Gasteiger partial charge in [-0.05, 0) is 24.3 Å². The zero-order chi connectivity index (χ0) is 11.2. The van der Waals surface area contributed by atoms with Crippen molar-refractivity contribution in [2.45, 2.75) is 0 Å². The molecule has 2 aromatic carbocycles. The first kappa shape index (κ1) is 10.1. The fourth-order valence-electron chi connectivity index (χ4n) is 1.33. The van der Waals surface area contributed by atoms with Crippen LogP contribution in [0.3, 0.4) is 0 Å². The maximum absolute atomic E-state index is 8.50. The van der Waals surface area contributed by atoms with E-state index in [0.29, 0.717) is 5.75 Å². The van der Waals surface area contributed by atoms with Crippen LogP contribution in [0.25, 0.3) is 0 Å². The van der Waals surface area contributed by atoms with Crippen LogP contribution in [0.15, 0.2) is 54.6 Å². The number of hydrogen-bond donors (Lipinski definition) is 1. The highest BCUT2D eigenvalue weighted by molar-refractivity contribution is 5.51. The molecule has 0 amide bonds. The SMILES string of the molecule is N#CNc1cccc(Oc2ccccc2)c1. The highest BCUT2D eigenvalue weighted by Gasteiger charge is 1.97. The van der Waals surface area contributed by atoms with Gasteiger partial charge in [-0.2, -0.15) is 5.26 Å². The fourth-order valence-corrected chi connectivity index (χ4v) is 1.33. The van der Waals surface area contributed by atoms with Gasteiger partial charge in [-0.25, -0.2) is 0 Å². The molecule has 0 unspecified atom stereocenters. The molecular weight excluding hydrogens is 200 g/mol. The molecule has 0 saturated heterocycles. The Morgan fingerprint density at radius 2 is 1.69 bits per heavy atom. The largest absolute Gasteiger partial charge is 0.457 e. The van der Waals surface area contributed by atoms with Crippen LogP contribution in [0.2, 0.25) is 0 Å². The minimum Gasteiger partial charge on any atom is -0.457 e. The lowest BCUT2D eigenvalue weighted by molar-refractivity contribution is 0.483. The van der Waals surface area contributed by atoms with Gasteiger partial charge in [0, 0.05) is 6.07 Å². The first-order valence-electron chi connectivity index (χ1n) is 4.86. The summed E-state index contributed by atoms with van der Waals surface area (Å²) in [6.45, 7) is 0. The Balaban J connectivity index is 2.16. The summed E-state index contributed by atoms with van der Waals surface area (Å²) in [6, 6.07) is 16.8. The van der Waals surface area contributed by atoms with E-state index in [4.69, 9.17) is 10.00 Å². The Morgan fingerprint density at radius 3 is 2.44 bits per heavy atom. The number of para-hydroxylation sites is 1. The van der Waals surface area contributed by atoms with E-state index in [1.807, 2.05) is 48.7 Å². The van der Waals surface area contributed by atoms with Gasteiger partial charge >= 0.3 is 0 Å². The first-order chi connectivity index (χ1) is 7.88. The molecule has 0 aliphatic carbocycles. The predicted molar refractivity (Wildman–Crippen MR) is 62.2 cm³/mol. The van der Waals surface area contributed by atoms with Crippen molar-refractivity contribution < 1.29 is 4.74 Å². The average molecular weight is 210 g/mol. The Kier molecular flexibility index (Phi) is 3.05. The third-order valence-corrected chi connectivity index (χ3v) is 2.01. The van der Waals surface area contributed by atoms with Crippen LogP contribution in [-0.2, 0) is 0 Å². The van der Waals surface area contributed by atoms with Crippen molar-refractivity contribution in [3.05, 3.63) is 54.6 Å². The predicted octanol–water partition coefficient (Wildman–Crippen LogP) is 3.37. The van der Waals surface area contributed by atoms with Gasteiger partial charge in [0.15, 0.2) is 6.19 Å². The molecule has 0 heterocycles. The molecule has 0 spiro atoms.